The third-order valence-corrected chi connectivity index (χ3v) is 6.27. The standard InChI is InChI=1S/C23H26F3N3O5/c1-3-15(11-19(27)30)28-20(31)18-5-4-10-29(18)21(32)22(12-17(13-22)33-2)14-6-8-16(9-7-14)34-23(24,25)26/h1,6-9,15,17-18H,4-5,10-13H2,2H3,(H2,27,30)(H,28,31)/t15-,17?,18+,22?/m1/s1. The van der Waals surface area contributed by atoms with E-state index in [0.717, 1.165) is 12.1 Å². The third kappa shape index (κ3) is 5.44. The normalized spacial score (nSPS) is 25.1. The van der Waals surface area contributed by atoms with Crippen LogP contribution in [0.25, 0.3) is 0 Å². The number of primary amides is 1. The number of terminal acetylenes is 1. The van der Waals surface area contributed by atoms with Crippen molar-refractivity contribution in [1.82, 2.24) is 10.2 Å². The summed E-state index contributed by atoms with van der Waals surface area (Å²) in [6, 6.07) is 3.50. The SMILES string of the molecule is C#C[C@H](CC(N)=O)NC(=O)[C@@H]1CCCN1C(=O)C1(c2ccc(OC(F)(F)F)cc2)CC(OC)C1. The van der Waals surface area contributed by atoms with Gasteiger partial charge in [-0.3, -0.25) is 14.4 Å². The Kier molecular flexibility index (Phi) is 7.41. The van der Waals surface area contributed by atoms with Gasteiger partial charge in [0.05, 0.1) is 24.0 Å². The third-order valence-electron chi connectivity index (χ3n) is 6.27. The van der Waals surface area contributed by atoms with Gasteiger partial charge in [0.25, 0.3) is 0 Å². The van der Waals surface area contributed by atoms with Crippen LogP contribution in [0.3, 0.4) is 0 Å². The minimum atomic E-state index is -4.83. The number of likely N-dealkylation sites (tertiary alicyclic amines) is 1. The van der Waals surface area contributed by atoms with E-state index in [1.54, 1.807) is 0 Å². The highest BCUT2D eigenvalue weighted by Crippen LogP contribution is 2.48. The Hall–Kier alpha value is -3.26. The highest BCUT2D eigenvalue weighted by molar-refractivity contribution is 5.95. The number of ether oxygens (including phenoxy) is 2. The molecule has 1 aliphatic carbocycles. The summed E-state index contributed by atoms with van der Waals surface area (Å²) in [5.41, 5.74) is 4.63. The minimum Gasteiger partial charge on any atom is -0.406 e. The zero-order valence-corrected chi connectivity index (χ0v) is 18.6. The first kappa shape index (κ1) is 25.4. The van der Waals surface area contributed by atoms with Gasteiger partial charge in [0.2, 0.25) is 17.7 Å². The van der Waals surface area contributed by atoms with Gasteiger partial charge >= 0.3 is 6.36 Å². The van der Waals surface area contributed by atoms with Gasteiger partial charge in [0, 0.05) is 13.7 Å². The smallest absolute Gasteiger partial charge is 0.406 e. The Morgan fingerprint density at radius 1 is 1.29 bits per heavy atom. The molecule has 0 unspecified atom stereocenters. The maximum atomic E-state index is 13.7. The molecule has 11 heteroatoms. The number of methoxy groups -OCH3 is 1. The molecule has 0 bridgehead atoms. The molecule has 0 aromatic heterocycles. The largest absolute Gasteiger partial charge is 0.573 e. The van der Waals surface area contributed by atoms with Crippen molar-refractivity contribution in [2.75, 3.05) is 13.7 Å². The van der Waals surface area contributed by atoms with E-state index in [1.165, 1.54) is 24.1 Å². The van der Waals surface area contributed by atoms with E-state index in [1.807, 2.05) is 0 Å². The van der Waals surface area contributed by atoms with Crippen LogP contribution in [0.4, 0.5) is 13.2 Å². The van der Waals surface area contributed by atoms with Crippen LogP contribution in [-0.2, 0) is 24.5 Å². The number of alkyl halides is 3. The molecule has 3 amide bonds. The molecule has 1 aromatic rings. The van der Waals surface area contributed by atoms with Crippen molar-refractivity contribution in [2.45, 2.75) is 62.1 Å². The van der Waals surface area contributed by atoms with Crippen LogP contribution in [0.5, 0.6) is 5.75 Å². The van der Waals surface area contributed by atoms with Gasteiger partial charge in [-0.15, -0.1) is 19.6 Å². The van der Waals surface area contributed by atoms with Crippen LogP contribution in [0.1, 0.15) is 37.7 Å². The van der Waals surface area contributed by atoms with Gasteiger partial charge in [-0.2, -0.15) is 0 Å². The molecule has 2 atom stereocenters. The Labute approximate surface area is 194 Å². The van der Waals surface area contributed by atoms with Crippen molar-refractivity contribution in [2.24, 2.45) is 5.73 Å². The summed E-state index contributed by atoms with van der Waals surface area (Å²) in [7, 11) is 1.52. The van der Waals surface area contributed by atoms with Crippen LogP contribution in [-0.4, -0.2) is 60.8 Å². The van der Waals surface area contributed by atoms with Crippen molar-refractivity contribution in [3.63, 3.8) is 0 Å². The molecular formula is C23H26F3N3O5. The molecular weight excluding hydrogens is 455 g/mol. The fourth-order valence-corrected chi connectivity index (χ4v) is 4.57. The topological polar surface area (TPSA) is 111 Å². The number of carbonyl (C=O) groups excluding carboxylic acids is 3. The number of rotatable bonds is 8. The molecule has 8 nitrogen and oxygen atoms in total. The molecule has 2 aliphatic rings. The number of amides is 3. The second-order valence-corrected chi connectivity index (χ2v) is 8.48. The molecule has 34 heavy (non-hydrogen) atoms. The van der Waals surface area contributed by atoms with E-state index in [0.29, 0.717) is 37.8 Å². The first-order valence-corrected chi connectivity index (χ1v) is 10.7. The summed E-state index contributed by atoms with van der Waals surface area (Å²) in [6.07, 6.45) is 1.75. The summed E-state index contributed by atoms with van der Waals surface area (Å²) in [6.45, 7) is 0.335. The highest BCUT2D eigenvalue weighted by Gasteiger charge is 2.55. The van der Waals surface area contributed by atoms with Gasteiger partial charge in [-0.25, -0.2) is 0 Å². The number of hydrogen-bond donors (Lipinski definition) is 2. The Morgan fingerprint density at radius 2 is 1.94 bits per heavy atom. The van der Waals surface area contributed by atoms with Crippen molar-refractivity contribution in [3.8, 4) is 18.1 Å². The molecule has 1 saturated heterocycles. The van der Waals surface area contributed by atoms with Crippen LogP contribution in [0.15, 0.2) is 24.3 Å². The Balaban J connectivity index is 1.81. The molecule has 3 rings (SSSR count). The Morgan fingerprint density at radius 3 is 2.47 bits per heavy atom. The van der Waals surface area contributed by atoms with Gasteiger partial charge in [0.1, 0.15) is 11.8 Å². The lowest BCUT2D eigenvalue weighted by Gasteiger charge is -2.48. The predicted octanol–water partition coefficient (Wildman–Crippen LogP) is 1.62. The number of benzene rings is 1. The quantitative estimate of drug-likeness (QED) is 0.549. The first-order chi connectivity index (χ1) is 16.0. The van der Waals surface area contributed by atoms with Crippen molar-refractivity contribution in [3.05, 3.63) is 29.8 Å². The van der Waals surface area contributed by atoms with Gasteiger partial charge in [-0.05, 0) is 43.4 Å². The number of nitrogens with zero attached hydrogens (tertiary/aromatic N) is 1. The van der Waals surface area contributed by atoms with Gasteiger partial charge in [-0.1, -0.05) is 18.1 Å². The number of nitrogens with two attached hydrogens (primary N) is 1. The predicted molar refractivity (Wildman–Crippen MR) is 114 cm³/mol. The summed E-state index contributed by atoms with van der Waals surface area (Å²) in [4.78, 5) is 39.3. The molecule has 2 fully saturated rings. The average Bonchev–Trinajstić information content (AvgIpc) is 3.22. The zero-order valence-electron chi connectivity index (χ0n) is 18.6. The maximum absolute atomic E-state index is 13.7. The lowest BCUT2D eigenvalue weighted by Crippen LogP contribution is -2.59. The van der Waals surface area contributed by atoms with E-state index in [9.17, 15) is 27.6 Å². The molecule has 0 radical (unpaired) electrons. The second-order valence-electron chi connectivity index (χ2n) is 8.48. The van der Waals surface area contributed by atoms with Crippen molar-refractivity contribution >= 4 is 17.7 Å². The minimum absolute atomic E-state index is 0.202. The summed E-state index contributed by atoms with van der Waals surface area (Å²) in [5.74, 6) is 0.445. The molecule has 1 aliphatic heterocycles. The second kappa shape index (κ2) is 9.93. The molecule has 184 valence electrons. The molecule has 0 spiro atoms. The molecule has 1 aromatic carbocycles. The number of hydrogen-bond acceptors (Lipinski definition) is 5. The summed E-state index contributed by atoms with van der Waals surface area (Å²) < 4.78 is 46.8. The van der Waals surface area contributed by atoms with Crippen molar-refractivity contribution in [1.29, 1.82) is 0 Å². The lowest BCUT2D eigenvalue weighted by atomic mass is 9.61. The maximum Gasteiger partial charge on any atom is 0.573 e. The van der Waals surface area contributed by atoms with Crippen LogP contribution in [0.2, 0.25) is 0 Å². The molecule has 1 saturated carbocycles. The van der Waals surface area contributed by atoms with E-state index in [4.69, 9.17) is 16.9 Å². The number of carbonyl (C=O) groups is 3. The van der Waals surface area contributed by atoms with E-state index >= 15 is 0 Å². The fourth-order valence-electron chi connectivity index (χ4n) is 4.57. The first-order valence-electron chi connectivity index (χ1n) is 10.7. The molecule has 1 heterocycles. The van der Waals surface area contributed by atoms with Crippen LogP contribution in [0, 0.1) is 12.3 Å². The van der Waals surface area contributed by atoms with Crippen molar-refractivity contribution < 1.29 is 37.0 Å². The van der Waals surface area contributed by atoms with E-state index in [-0.39, 0.29) is 18.4 Å². The van der Waals surface area contributed by atoms with E-state index < -0.39 is 41.4 Å². The number of halogens is 3. The fraction of sp³-hybridized carbons (Fsp3) is 0.522. The molecule has 3 N–H and O–H groups in total. The highest BCUT2D eigenvalue weighted by atomic mass is 19.4. The van der Waals surface area contributed by atoms with Crippen LogP contribution < -0.4 is 15.8 Å². The monoisotopic (exact) mass is 481 g/mol. The zero-order chi connectivity index (χ0) is 25.1. The summed E-state index contributed by atoms with van der Waals surface area (Å²) >= 11 is 0. The van der Waals surface area contributed by atoms with E-state index in [2.05, 4.69) is 16.0 Å². The van der Waals surface area contributed by atoms with Crippen LogP contribution >= 0.6 is 0 Å². The Bertz CT molecular complexity index is 968. The summed E-state index contributed by atoms with van der Waals surface area (Å²) in [5, 5.41) is 2.58. The lowest BCUT2D eigenvalue weighted by molar-refractivity contribution is -0.274. The average molecular weight is 481 g/mol. The number of nitrogens with one attached hydrogen (secondary N) is 1. The van der Waals surface area contributed by atoms with Gasteiger partial charge in [0.15, 0.2) is 0 Å². The van der Waals surface area contributed by atoms with Gasteiger partial charge < -0.3 is 25.4 Å².